The minimum atomic E-state index is -0.244. The van der Waals surface area contributed by atoms with Gasteiger partial charge in [-0.1, -0.05) is 12.1 Å². The third-order valence-electron chi connectivity index (χ3n) is 5.56. The zero-order chi connectivity index (χ0) is 18.1. The van der Waals surface area contributed by atoms with Crippen LogP contribution in [0.3, 0.4) is 0 Å². The number of hydroxylamine groups is 2. The minimum absolute atomic E-state index is 0.0270. The van der Waals surface area contributed by atoms with Crippen molar-refractivity contribution >= 4 is 11.8 Å². The second-order valence-electron chi connectivity index (χ2n) is 6.94. The van der Waals surface area contributed by atoms with E-state index in [1.54, 1.807) is 13.4 Å². The molecular formula is C20H22N2O4. The Morgan fingerprint density at radius 1 is 1.12 bits per heavy atom. The normalized spacial score (nSPS) is 19.3. The molecule has 1 aromatic heterocycles. The quantitative estimate of drug-likeness (QED) is 0.850. The maximum Gasteiger partial charge on any atom is 0.253 e. The number of amides is 2. The van der Waals surface area contributed by atoms with Gasteiger partial charge in [0.2, 0.25) is 5.91 Å². The molecule has 2 aliphatic heterocycles. The molecule has 0 aliphatic carbocycles. The first-order valence-electron chi connectivity index (χ1n) is 8.93. The summed E-state index contributed by atoms with van der Waals surface area (Å²) < 4.78 is 5.38. The lowest BCUT2D eigenvalue weighted by Gasteiger charge is -2.43. The van der Waals surface area contributed by atoms with Crippen molar-refractivity contribution in [1.29, 1.82) is 0 Å². The second-order valence-corrected chi connectivity index (χ2v) is 6.94. The van der Waals surface area contributed by atoms with Gasteiger partial charge in [0.15, 0.2) is 0 Å². The molecule has 0 saturated carbocycles. The maximum absolute atomic E-state index is 12.8. The van der Waals surface area contributed by atoms with E-state index in [0.29, 0.717) is 25.1 Å². The van der Waals surface area contributed by atoms with Crippen LogP contribution >= 0.6 is 0 Å². The number of rotatable bonds is 3. The highest BCUT2D eigenvalue weighted by Gasteiger charge is 2.48. The van der Waals surface area contributed by atoms with E-state index in [-0.39, 0.29) is 17.4 Å². The molecule has 0 bridgehead atoms. The van der Waals surface area contributed by atoms with Gasteiger partial charge >= 0.3 is 0 Å². The largest absolute Gasteiger partial charge is 0.464 e. The molecule has 1 spiro atoms. The van der Waals surface area contributed by atoms with Crippen LogP contribution in [0.2, 0.25) is 0 Å². The van der Waals surface area contributed by atoms with Gasteiger partial charge in [0.1, 0.15) is 5.76 Å². The van der Waals surface area contributed by atoms with Gasteiger partial charge in [0.25, 0.3) is 5.91 Å². The molecule has 6 heteroatoms. The van der Waals surface area contributed by atoms with Crippen molar-refractivity contribution in [2.75, 3.05) is 20.2 Å². The number of carbonyl (C=O) groups excluding carboxylic acids is 2. The minimum Gasteiger partial charge on any atom is -0.464 e. The lowest BCUT2D eigenvalue weighted by atomic mass is 9.85. The predicted octanol–water partition coefficient (Wildman–Crippen LogP) is 3.11. The van der Waals surface area contributed by atoms with E-state index in [2.05, 4.69) is 0 Å². The van der Waals surface area contributed by atoms with Gasteiger partial charge in [0.05, 0.1) is 18.9 Å². The van der Waals surface area contributed by atoms with Gasteiger partial charge in [-0.15, -0.1) is 0 Å². The number of hydrogen-bond acceptors (Lipinski definition) is 4. The number of hydrogen-bond donors (Lipinski definition) is 0. The highest BCUT2D eigenvalue weighted by atomic mass is 16.7. The van der Waals surface area contributed by atoms with E-state index < -0.39 is 0 Å². The fraction of sp³-hybridized carbons (Fsp3) is 0.400. The third-order valence-corrected chi connectivity index (χ3v) is 5.56. The molecule has 0 radical (unpaired) electrons. The van der Waals surface area contributed by atoms with Gasteiger partial charge in [0, 0.05) is 30.6 Å². The average Bonchev–Trinajstić information content (AvgIpc) is 3.31. The second kappa shape index (κ2) is 6.61. The van der Waals surface area contributed by atoms with Gasteiger partial charge in [-0.2, -0.15) is 0 Å². The highest BCUT2D eigenvalue weighted by molar-refractivity contribution is 5.94. The average molecular weight is 354 g/mol. The van der Waals surface area contributed by atoms with E-state index in [1.165, 1.54) is 5.06 Å². The summed E-state index contributed by atoms with van der Waals surface area (Å²) in [5, 5.41) is 1.53. The van der Waals surface area contributed by atoms with Gasteiger partial charge < -0.3 is 9.32 Å². The van der Waals surface area contributed by atoms with Crippen molar-refractivity contribution in [3.63, 3.8) is 0 Å². The third kappa shape index (κ3) is 2.80. The highest BCUT2D eigenvalue weighted by Crippen LogP contribution is 2.39. The van der Waals surface area contributed by atoms with E-state index in [4.69, 9.17) is 9.25 Å². The Morgan fingerprint density at radius 2 is 1.85 bits per heavy atom. The van der Waals surface area contributed by atoms with Gasteiger partial charge in [-0.25, -0.2) is 5.06 Å². The van der Waals surface area contributed by atoms with Crippen molar-refractivity contribution < 1.29 is 18.8 Å². The zero-order valence-electron chi connectivity index (χ0n) is 14.8. The topological polar surface area (TPSA) is 63.0 Å². The Kier molecular flexibility index (Phi) is 4.28. The SMILES string of the molecule is CON1C(=O)CCC12CCN(C(=O)c1ccc(-c3ccco3)cc1)CC2. The summed E-state index contributed by atoms with van der Waals surface area (Å²) in [4.78, 5) is 31.9. The first kappa shape index (κ1) is 16.8. The van der Waals surface area contributed by atoms with Gasteiger partial charge in [-0.05, 0) is 43.5 Å². The Labute approximate surface area is 152 Å². The molecule has 2 amide bonds. The fourth-order valence-electron chi connectivity index (χ4n) is 4.08. The monoisotopic (exact) mass is 354 g/mol. The van der Waals surface area contributed by atoms with Crippen molar-refractivity contribution in [3.05, 3.63) is 48.2 Å². The number of nitrogens with zero attached hydrogens (tertiary/aromatic N) is 2. The number of furan rings is 1. The summed E-state index contributed by atoms with van der Waals surface area (Å²) in [6, 6.07) is 11.2. The van der Waals surface area contributed by atoms with Crippen LogP contribution in [-0.2, 0) is 9.63 Å². The van der Waals surface area contributed by atoms with E-state index in [1.807, 2.05) is 41.3 Å². The van der Waals surface area contributed by atoms with Gasteiger partial charge in [-0.3, -0.25) is 14.4 Å². The molecule has 2 aromatic rings. The molecule has 26 heavy (non-hydrogen) atoms. The number of likely N-dealkylation sites (tertiary alicyclic amines) is 1. The molecule has 6 nitrogen and oxygen atoms in total. The first-order chi connectivity index (χ1) is 12.6. The Balaban J connectivity index is 1.43. The molecule has 0 atom stereocenters. The summed E-state index contributed by atoms with van der Waals surface area (Å²) in [6.45, 7) is 1.26. The molecule has 0 unspecified atom stereocenters. The molecule has 0 N–H and O–H groups in total. The summed E-state index contributed by atoms with van der Waals surface area (Å²) in [5.74, 6) is 0.856. The van der Waals surface area contributed by atoms with Crippen molar-refractivity contribution in [2.45, 2.75) is 31.2 Å². The van der Waals surface area contributed by atoms with Crippen molar-refractivity contribution in [3.8, 4) is 11.3 Å². The lowest BCUT2D eigenvalue weighted by molar-refractivity contribution is -0.201. The smallest absolute Gasteiger partial charge is 0.253 e. The number of carbonyl (C=O) groups is 2. The van der Waals surface area contributed by atoms with E-state index in [9.17, 15) is 9.59 Å². The Hall–Kier alpha value is -2.60. The van der Waals surface area contributed by atoms with E-state index >= 15 is 0 Å². The molecular weight excluding hydrogens is 332 g/mol. The van der Waals surface area contributed by atoms with Crippen LogP contribution in [0.1, 0.15) is 36.0 Å². The zero-order valence-corrected chi connectivity index (χ0v) is 14.8. The molecule has 4 rings (SSSR count). The standard InChI is InChI=1S/C20H22N2O4/c1-25-22-18(23)8-9-20(22)10-12-21(13-11-20)19(24)16-6-4-15(5-7-16)17-3-2-14-26-17/h2-7,14H,8-13H2,1H3. The number of benzene rings is 1. The molecule has 2 fully saturated rings. The van der Waals surface area contributed by atoms with Crippen LogP contribution in [-0.4, -0.2) is 47.5 Å². The fourth-order valence-corrected chi connectivity index (χ4v) is 4.08. The molecule has 2 aliphatic rings. The lowest BCUT2D eigenvalue weighted by Crippen LogP contribution is -2.53. The van der Waals surface area contributed by atoms with Crippen LogP contribution in [0.15, 0.2) is 47.1 Å². The summed E-state index contributed by atoms with van der Waals surface area (Å²) >= 11 is 0. The van der Waals surface area contributed by atoms with Crippen molar-refractivity contribution in [1.82, 2.24) is 9.96 Å². The van der Waals surface area contributed by atoms with Crippen LogP contribution < -0.4 is 0 Å². The summed E-state index contributed by atoms with van der Waals surface area (Å²) in [6.07, 6.45) is 4.47. The molecule has 2 saturated heterocycles. The molecule has 1 aromatic carbocycles. The molecule has 136 valence electrons. The van der Waals surface area contributed by atoms with Crippen LogP contribution in [0.4, 0.5) is 0 Å². The van der Waals surface area contributed by atoms with E-state index in [0.717, 1.165) is 30.6 Å². The van der Waals surface area contributed by atoms with Crippen molar-refractivity contribution in [2.24, 2.45) is 0 Å². The number of piperidine rings is 1. The van der Waals surface area contributed by atoms with Crippen LogP contribution in [0.5, 0.6) is 0 Å². The summed E-state index contributed by atoms with van der Waals surface area (Å²) in [5.41, 5.74) is 1.37. The maximum atomic E-state index is 12.8. The Bertz CT molecular complexity index is 790. The first-order valence-corrected chi connectivity index (χ1v) is 8.93. The molecule has 3 heterocycles. The summed E-state index contributed by atoms with van der Waals surface area (Å²) in [7, 11) is 1.54. The Morgan fingerprint density at radius 3 is 2.46 bits per heavy atom. The van der Waals surface area contributed by atoms with Crippen LogP contribution in [0, 0.1) is 0 Å². The van der Waals surface area contributed by atoms with Crippen LogP contribution in [0.25, 0.3) is 11.3 Å². The predicted molar refractivity (Wildman–Crippen MR) is 95.1 cm³/mol.